The third kappa shape index (κ3) is 2.48. The van der Waals surface area contributed by atoms with Gasteiger partial charge in [-0.15, -0.1) is 5.10 Å². The molecule has 0 fully saturated rings. The van der Waals surface area contributed by atoms with Gasteiger partial charge in [0.1, 0.15) is 6.33 Å². The zero-order valence-corrected chi connectivity index (χ0v) is 15.4. The number of pyridine rings is 1. The van der Waals surface area contributed by atoms with E-state index in [9.17, 15) is 4.79 Å². The van der Waals surface area contributed by atoms with Gasteiger partial charge in [0.05, 0.1) is 16.6 Å². The molecule has 1 aromatic carbocycles. The number of H-pyrrole nitrogens is 1. The summed E-state index contributed by atoms with van der Waals surface area (Å²) in [4.78, 5) is 26.4. The van der Waals surface area contributed by atoms with Crippen molar-refractivity contribution in [2.24, 2.45) is 0 Å². The molecule has 0 aliphatic carbocycles. The number of benzene rings is 1. The highest BCUT2D eigenvalue weighted by Gasteiger charge is 2.19. The second kappa shape index (κ2) is 6.24. The Labute approximate surface area is 162 Å². The summed E-state index contributed by atoms with van der Waals surface area (Å²) in [6.07, 6.45) is 3.61. The quantitative estimate of drug-likeness (QED) is 0.505. The molecule has 0 bridgehead atoms. The maximum absolute atomic E-state index is 13.4. The number of nitrogens with zero attached hydrogens (tertiary/aromatic N) is 7. The van der Waals surface area contributed by atoms with Gasteiger partial charge in [-0.2, -0.15) is 19.6 Å². The number of hydrogen-bond donors (Lipinski definition) is 1. The number of nitrogens with one attached hydrogen (secondary N) is 1. The summed E-state index contributed by atoms with van der Waals surface area (Å²) >= 11 is 6.05. The molecule has 0 spiro atoms. The van der Waals surface area contributed by atoms with Gasteiger partial charge in [0.25, 0.3) is 11.3 Å². The normalized spacial score (nSPS) is 11.5. The van der Waals surface area contributed by atoms with Crippen molar-refractivity contribution < 1.29 is 0 Å². The number of aromatic nitrogens is 8. The Balaban J connectivity index is 1.95. The van der Waals surface area contributed by atoms with E-state index >= 15 is 0 Å². The number of fused-ring (bicyclic) bond motifs is 2. The Morgan fingerprint density at radius 2 is 1.96 bits per heavy atom. The van der Waals surface area contributed by atoms with Crippen molar-refractivity contribution in [2.45, 2.75) is 13.3 Å². The Kier molecular flexibility index (Phi) is 3.69. The third-order valence-electron chi connectivity index (χ3n) is 4.44. The third-order valence-corrected chi connectivity index (χ3v) is 4.69. The standard InChI is InChI=1S/C18H13ClN8O/c1-2-13-23-18-22-12-7-8-26(17-20-9-21-24-17)16(28)14(12)15(27(18)25-13)10-3-5-11(19)6-4-10/h3-9H,2H2,1H3,(H,20,21,24). The average Bonchev–Trinajstić information content (AvgIpc) is 3.37. The molecule has 5 aromatic rings. The van der Waals surface area contributed by atoms with Gasteiger partial charge in [0.2, 0.25) is 5.95 Å². The van der Waals surface area contributed by atoms with Gasteiger partial charge in [0.15, 0.2) is 5.82 Å². The monoisotopic (exact) mass is 392 g/mol. The zero-order valence-electron chi connectivity index (χ0n) is 14.7. The first kappa shape index (κ1) is 16.6. The van der Waals surface area contributed by atoms with Crippen LogP contribution in [0.2, 0.25) is 5.02 Å². The van der Waals surface area contributed by atoms with E-state index in [-0.39, 0.29) is 5.56 Å². The minimum atomic E-state index is -0.290. The molecule has 9 nitrogen and oxygen atoms in total. The van der Waals surface area contributed by atoms with Crippen LogP contribution in [0.5, 0.6) is 0 Å². The topological polar surface area (TPSA) is 107 Å². The molecule has 0 saturated carbocycles. The molecule has 0 unspecified atom stereocenters. The summed E-state index contributed by atoms with van der Waals surface area (Å²) in [5, 5.41) is 12.1. The Morgan fingerprint density at radius 3 is 2.68 bits per heavy atom. The van der Waals surface area contributed by atoms with Crippen molar-refractivity contribution in [3.8, 4) is 17.2 Å². The molecule has 5 rings (SSSR count). The van der Waals surface area contributed by atoms with Crippen LogP contribution in [0.25, 0.3) is 33.9 Å². The lowest BCUT2D eigenvalue weighted by Gasteiger charge is -2.10. The minimum Gasteiger partial charge on any atom is -0.268 e. The average molecular weight is 393 g/mol. The summed E-state index contributed by atoms with van der Waals surface area (Å²) in [5.74, 6) is 1.40. The predicted molar refractivity (Wildman–Crippen MR) is 104 cm³/mol. The van der Waals surface area contributed by atoms with Gasteiger partial charge in [-0.1, -0.05) is 30.7 Å². The highest BCUT2D eigenvalue weighted by molar-refractivity contribution is 6.30. The van der Waals surface area contributed by atoms with E-state index in [0.29, 0.717) is 45.6 Å². The number of aromatic amines is 1. The van der Waals surface area contributed by atoms with Crippen LogP contribution in [0.1, 0.15) is 12.7 Å². The van der Waals surface area contributed by atoms with E-state index in [2.05, 4.69) is 30.2 Å². The number of hydrogen-bond acceptors (Lipinski definition) is 6. The van der Waals surface area contributed by atoms with Gasteiger partial charge < -0.3 is 0 Å². The summed E-state index contributed by atoms with van der Waals surface area (Å²) in [7, 11) is 0. The molecule has 0 aliphatic rings. The fourth-order valence-corrected chi connectivity index (χ4v) is 3.26. The van der Waals surface area contributed by atoms with E-state index in [1.165, 1.54) is 10.9 Å². The van der Waals surface area contributed by atoms with Crippen LogP contribution < -0.4 is 5.56 Å². The van der Waals surface area contributed by atoms with Crippen LogP contribution in [0.15, 0.2) is 47.7 Å². The van der Waals surface area contributed by atoms with Gasteiger partial charge in [-0.25, -0.2) is 10.1 Å². The lowest BCUT2D eigenvalue weighted by molar-refractivity contribution is 0.880. The summed E-state index contributed by atoms with van der Waals surface area (Å²) in [6, 6.07) is 8.97. The maximum Gasteiger partial charge on any atom is 0.269 e. The molecule has 138 valence electrons. The van der Waals surface area contributed by atoms with Crippen molar-refractivity contribution in [3.05, 3.63) is 64.1 Å². The van der Waals surface area contributed by atoms with Crippen molar-refractivity contribution >= 4 is 28.3 Å². The summed E-state index contributed by atoms with van der Waals surface area (Å²) in [5.41, 5.74) is 1.61. The molecule has 4 aromatic heterocycles. The number of halogens is 1. The molecule has 4 heterocycles. The fraction of sp³-hybridized carbons (Fsp3) is 0.111. The smallest absolute Gasteiger partial charge is 0.268 e. The lowest BCUT2D eigenvalue weighted by atomic mass is 10.1. The van der Waals surface area contributed by atoms with E-state index in [0.717, 1.165) is 5.56 Å². The molecule has 28 heavy (non-hydrogen) atoms. The largest absolute Gasteiger partial charge is 0.269 e. The van der Waals surface area contributed by atoms with Crippen molar-refractivity contribution in [1.29, 1.82) is 0 Å². The molecule has 0 saturated heterocycles. The summed E-state index contributed by atoms with van der Waals surface area (Å²) < 4.78 is 3.00. The van der Waals surface area contributed by atoms with Gasteiger partial charge >= 0.3 is 0 Å². The molecule has 0 radical (unpaired) electrons. The lowest BCUT2D eigenvalue weighted by Crippen LogP contribution is -2.21. The predicted octanol–water partition coefficient (Wildman–Crippen LogP) is 2.43. The van der Waals surface area contributed by atoms with Crippen LogP contribution in [0.3, 0.4) is 0 Å². The molecular weight excluding hydrogens is 380 g/mol. The van der Waals surface area contributed by atoms with E-state index in [1.807, 2.05) is 19.1 Å². The van der Waals surface area contributed by atoms with Gasteiger partial charge in [-0.3, -0.25) is 9.36 Å². The minimum absolute atomic E-state index is 0.290. The van der Waals surface area contributed by atoms with E-state index in [4.69, 9.17) is 11.6 Å². The van der Waals surface area contributed by atoms with Crippen LogP contribution in [0, 0.1) is 0 Å². The maximum atomic E-state index is 13.4. The Bertz CT molecular complexity index is 1370. The Hall–Kier alpha value is -3.59. The highest BCUT2D eigenvalue weighted by atomic mass is 35.5. The molecule has 10 heteroatoms. The van der Waals surface area contributed by atoms with Gasteiger partial charge in [0, 0.05) is 23.2 Å². The van der Waals surface area contributed by atoms with E-state index < -0.39 is 0 Å². The van der Waals surface area contributed by atoms with Crippen molar-refractivity contribution in [1.82, 2.24) is 39.3 Å². The Morgan fingerprint density at radius 1 is 1.14 bits per heavy atom. The SMILES string of the molecule is CCc1nc2nc3ccn(-c4ncn[nH]4)c(=O)c3c(-c3ccc(Cl)cc3)n2n1. The first-order valence-electron chi connectivity index (χ1n) is 8.58. The second-order valence-electron chi connectivity index (χ2n) is 6.12. The molecule has 0 atom stereocenters. The number of aryl methyl sites for hydroxylation is 1. The molecule has 0 aliphatic heterocycles. The number of rotatable bonds is 3. The zero-order chi connectivity index (χ0) is 19.3. The molecule has 0 amide bonds. The van der Waals surface area contributed by atoms with Crippen LogP contribution in [-0.2, 0) is 6.42 Å². The van der Waals surface area contributed by atoms with Gasteiger partial charge in [-0.05, 0) is 18.2 Å². The van der Waals surface area contributed by atoms with E-state index in [1.54, 1.807) is 28.9 Å². The fourth-order valence-electron chi connectivity index (χ4n) is 3.13. The highest BCUT2D eigenvalue weighted by Crippen LogP contribution is 2.27. The summed E-state index contributed by atoms with van der Waals surface area (Å²) in [6.45, 7) is 1.97. The first-order chi connectivity index (χ1) is 13.7. The van der Waals surface area contributed by atoms with Crippen molar-refractivity contribution in [3.63, 3.8) is 0 Å². The molecular formula is C18H13ClN8O. The van der Waals surface area contributed by atoms with Crippen LogP contribution in [0.4, 0.5) is 0 Å². The van der Waals surface area contributed by atoms with Crippen LogP contribution in [-0.4, -0.2) is 39.3 Å². The van der Waals surface area contributed by atoms with Crippen LogP contribution >= 0.6 is 11.6 Å². The molecule has 1 N–H and O–H groups in total. The second-order valence-corrected chi connectivity index (χ2v) is 6.56. The first-order valence-corrected chi connectivity index (χ1v) is 8.96. The van der Waals surface area contributed by atoms with Crippen molar-refractivity contribution in [2.75, 3.05) is 0 Å².